The zero-order valence-electron chi connectivity index (χ0n) is 17.1. The lowest BCUT2D eigenvalue weighted by atomic mass is 9.98. The van der Waals surface area contributed by atoms with E-state index in [9.17, 15) is 37.5 Å². The number of amidine groups is 1. The Balaban J connectivity index is 1.90. The summed E-state index contributed by atoms with van der Waals surface area (Å²) in [5.74, 6) is -7.81. The minimum absolute atomic E-state index is 0.0585. The lowest BCUT2D eigenvalue weighted by Gasteiger charge is -2.10. The van der Waals surface area contributed by atoms with Crippen molar-refractivity contribution in [1.29, 1.82) is 5.41 Å². The highest BCUT2D eigenvalue weighted by Gasteiger charge is 2.43. The van der Waals surface area contributed by atoms with Gasteiger partial charge in [0.05, 0.1) is 12.3 Å². The van der Waals surface area contributed by atoms with Crippen LogP contribution in [0.2, 0.25) is 0 Å². The molecule has 1 unspecified atom stereocenters. The molecule has 0 aliphatic heterocycles. The smallest absolute Gasteiger partial charge is 0.481 e. The molecule has 0 saturated carbocycles. The van der Waals surface area contributed by atoms with Gasteiger partial charge in [-0.25, -0.2) is 24.2 Å². The SMILES string of the molecule is N=C(N)c1ccc(OC(=O)c2ccc(CC(CCC(=O)OOC(=O)C(F)(F)F)C(=O)O)o2)cc1. The van der Waals surface area contributed by atoms with Crippen LogP contribution >= 0.6 is 0 Å². The van der Waals surface area contributed by atoms with Crippen molar-refractivity contribution in [2.24, 2.45) is 11.7 Å². The summed E-state index contributed by atoms with van der Waals surface area (Å²) in [4.78, 5) is 52.6. The molecule has 0 spiro atoms. The standard InChI is InChI=1S/C20H17F3N2O9/c21-20(22,23)19(30)34-33-15(26)8-3-11(17(27)28)9-13-6-7-14(31-13)18(29)32-12-4-1-10(2-5-12)16(24)25/h1-2,4-7,11H,3,8-9H2,(H3,24,25)(H,27,28). The van der Waals surface area contributed by atoms with Crippen LogP contribution in [0.1, 0.15) is 34.7 Å². The molecular weight excluding hydrogens is 469 g/mol. The van der Waals surface area contributed by atoms with Gasteiger partial charge in [-0.3, -0.25) is 10.2 Å². The third-order valence-electron chi connectivity index (χ3n) is 4.17. The Kier molecular flexibility index (Phi) is 8.36. The number of carboxylic acid groups (broad SMARTS) is 1. The largest absolute Gasteiger partial charge is 0.495 e. The van der Waals surface area contributed by atoms with E-state index in [1.54, 1.807) is 0 Å². The van der Waals surface area contributed by atoms with E-state index >= 15 is 0 Å². The van der Waals surface area contributed by atoms with Gasteiger partial charge >= 0.3 is 30.1 Å². The fourth-order valence-corrected chi connectivity index (χ4v) is 2.48. The topological polar surface area (TPSA) is 179 Å². The molecule has 0 radical (unpaired) electrons. The number of rotatable bonds is 9. The van der Waals surface area contributed by atoms with Gasteiger partial charge in [-0.1, -0.05) is 0 Å². The van der Waals surface area contributed by atoms with Crippen molar-refractivity contribution in [3.05, 3.63) is 53.5 Å². The maximum Gasteiger partial charge on any atom is 0.495 e. The average molecular weight is 486 g/mol. The molecule has 4 N–H and O–H groups in total. The molecule has 0 amide bonds. The van der Waals surface area contributed by atoms with E-state index in [4.69, 9.17) is 20.3 Å². The lowest BCUT2D eigenvalue weighted by Crippen LogP contribution is -2.27. The minimum atomic E-state index is -5.36. The first-order valence-electron chi connectivity index (χ1n) is 9.33. The molecule has 1 aromatic heterocycles. The Morgan fingerprint density at radius 1 is 1.06 bits per heavy atom. The molecule has 0 fully saturated rings. The predicted octanol–water partition coefficient (Wildman–Crippen LogP) is 2.37. The van der Waals surface area contributed by atoms with Gasteiger partial charge in [-0.05, 0) is 42.8 Å². The van der Waals surface area contributed by atoms with Gasteiger partial charge in [-0.15, -0.1) is 0 Å². The second kappa shape index (κ2) is 11.0. The van der Waals surface area contributed by atoms with Crippen LogP contribution in [0.15, 0.2) is 40.8 Å². The van der Waals surface area contributed by atoms with Crippen molar-refractivity contribution < 1.29 is 56.4 Å². The van der Waals surface area contributed by atoms with Crippen LogP contribution in [-0.4, -0.2) is 41.0 Å². The van der Waals surface area contributed by atoms with E-state index in [2.05, 4.69) is 9.78 Å². The van der Waals surface area contributed by atoms with Crippen LogP contribution in [0.4, 0.5) is 13.2 Å². The Hall–Kier alpha value is -4.36. The zero-order valence-corrected chi connectivity index (χ0v) is 17.1. The number of furan rings is 1. The maximum absolute atomic E-state index is 12.2. The number of carboxylic acids is 1. The van der Waals surface area contributed by atoms with E-state index in [0.29, 0.717) is 5.56 Å². The van der Waals surface area contributed by atoms with E-state index < -0.39 is 42.4 Å². The fraction of sp³-hybridized carbons (Fsp3) is 0.250. The van der Waals surface area contributed by atoms with E-state index in [-0.39, 0.29) is 35.9 Å². The van der Waals surface area contributed by atoms with Crippen molar-refractivity contribution in [3.8, 4) is 5.75 Å². The number of aliphatic carboxylic acids is 1. The molecule has 2 aromatic rings. The van der Waals surface area contributed by atoms with Crippen LogP contribution in [0.5, 0.6) is 5.75 Å². The average Bonchev–Trinajstić information content (AvgIpc) is 3.23. The van der Waals surface area contributed by atoms with Gasteiger partial charge in [0.1, 0.15) is 17.3 Å². The fourth-order valence-electron chi connectivity index (χ4n) is 2.48. The van der Waals surface area contributed by atoms with Crippen molar-refractivity contribution in [1.82, 2.24) is 0 Å². The highest BCUT2D eigenvalue weighted by molar-refractivity contribution is 5.95. The maximum atomic E-state index is 12.2. The van der Waals surface area contributed by atoms with Crippen LogP contribution in [0, 0.1) is 11.3 Å². The predicted molar refractivity (Wildman–Crippen MR) is 103 cm³/mol. The number of benzene rings is 1. The Labute approximate surface area is 188 Å². The number of hydrogen-bond donors (Lipinski definition) is 3. The summed E-state index contributed by atoms with van der Waals surface area (Å²) >= 11 is 0. The monoisotopic (exact) mass is 486 g/mol. The summed E-state index contributed by atoms with van der Waals surface area (Å²) in [7, 11) is 0. The molecule has 14 heteroatoms. The minimum Gasteiger partial charge on any atom is -0.481 e. The Morgan fingerprint density at radius 3 is 2.26 bits per heavy atom. The molecule has 1 aromatic carbocycles. The number of carbonyl (C=O) groups excluding carboxylic acids is 3. The molecule has 11 nitrogen and oxygen atoms in total. The summed E-state index contributed by atoms with van der Waals surface area (Å²) in [6.45, 7) is 0. The number of hydrogen-bond acceptors (Lipinski definition) is 9. The number of halogens is 3. The van der Waals surface area contributed by atoms with Crippen molar-refractivity contribution in [3.63, 3.8) is 0 Å². The second-order valence-electron chi connectivity index (χ2n) is 6.70. The second-order valence-corrected chi connectivity index (χ2v) is 6.70. The van der Waals surface area contributed by atoms with Crippen molar-refractivity contribution >= 4 is 29.7 Å². The molecule has 34 heavy (non-hydrogen) atoms. The summed E-state index contributed by atoms with van der Waals surface area (Å²) in [6.07, 6.45) is -6.69. The van der Waals surface area contributed by atoms with Crippen LogP contribution in [0.25, 0.3) is 0 Å². The van der Waals surface area contributed by atoms with Crippen LogP contribution < -0.4 is 10.5 Å². The Bertz CT molecular complexity index is 1080. The number of carbonyl (C=O) groups is 4. The summed E-state index contributed by atoms with van der Waals surface area (Å²) in [5.41, 5.74) is 5.75. The molecule has 0 aliphatic carbocycles. The first-order chi connectivity index (χ1) is 15.9. The summed E-state index contributed by atoms with van der Waals surface area (Å²) in [6, 6.07) is 8.30. The quantitative estimate of drug-likeness (QED) is 0.119. The Morgan fingerprint density at radius 2 is 1.71 bits per heavy atom. The van der Waals surface area contributed by atoms with E-state index in [0.717, 1.165) is 0 Å². The first kappa shape index (κ1) is 25.9. The molecule has 2 rings (SSSR count). The van der Waals surface area contributed by atoms with E-state index in [1.165, 1.54) is 36.4 Å². The van der Waals surface area contributed by atoms with Gasteiger partial charge in [0.25, 0.3) is 0 Å². The highest BCUT2D eigenvalue weighted by atomic mass is 19.4. The molecule has 0 aliphatic rings. The summed E-state index contributed by atoms with van der Waals surface area (Å²) in [5, 5.41) is 16.6. The third kappa shape index (κ3) is 7.65. The van der Waals surface area contributed by atoms with Gasteiger partial charge < -0.3 is 20.0 Å². The van der Waals surface area contributed by atoms with Gasteiger partial charge in [0, 0.05) is 12.0 Å². The van der Waals surface area contributed by atoms with E-state index in [1.807, 2.05) is 0 Å². The molecule has 182 valence electrons. The number of nitrogens with two attached hydrogens (primary N) is 1. The summed E-state index contributed by atoms with van der Waals surface area (Å²) < 4.78 is 46.4. The lowest BCUT2D eigenvalue weighted by molar-refractivity contribution is -0.285. The zero-order chi connectivity index (χ0) is 25.5. The molecule has 1 heterocycles. The number of esters is 1. The number of nitrogens with one attached hydrogen (secondary N) is 1. The van der Waals surface area contributed by atoms with Gasteiger partial charge in [-0.2, -0.15) is 13.2 Å². The van der Waals surface area contributed by atoms with Crippen molar-refractivity contribution in [2.75, 3.05) is 0 Å². The number of ether oxygens (including phenoxy) is 1. The molecule has 0 bridgehead atoms. The number of alkyl halides is 3. The normalized spacial score (nSPS) is 11.9. The third-order valence-corrected chi connectivity index (χ3v) is 4.17. The molecule has 0 saturated heterocycles. The van der Waals surface area contributed by atoms with Crippen molar-refractivity contribution in [2.45, 2.75) is 25.4 Å². The number of nitrogen functional groups attached to an aromatic ring is 1. The van der Waals surface area contributed by atoms with Crippen LogP contribution in [0.3, 0.4) is 0 Å². The molecular formula is C20H17F3N2O9. The van der Waals surface area contributed by atoms with Crippen LogP contribution in [-0.2, 0) is 30.6 Å². The van der Waals surface area contributed by atoms with Gasteiger partial charge in [0.2, 0.25) is 5.76 Å². The highest BCUT2D eigenvalue weighted by Crippen LogP contribution is 2.21. The molecule has 1 atom stereocenters. The van der Waals surface area contributed by atoms with Gasteiger partial charge in [0.15, 0.2) is 0 Å². The first-order valence-corrected chi connectivity index (χ1v) is 9.33.